The fraction of sp³-hybridized carbons (Fsp3) is 0.500. The van der Waals surface area contributed by atoms with Crippen molar-refractivity contribution in [3.05, 3.63) is 36.7 Å². The monoisotopic (exact) mass is 275 g/mol. The lowest BCUT2D eigenvalue weighted by atomic mass is 10.3. The minimum absolute atomic E-state index is 0.898. The number of hydrogen-bond acceptors (Lipinski definition) is 4. The zero-order chi connectivity index (χ0) is 14.4. The number of ether oxygens (including phenoxy) is 1. The van der Waals surface area contributed by atoms with Crippen molar-refractivity contribution in [3.63, 3.8) is 0 Å². The summed E-state index contributed by atoms with van der Waals surface area (Å²) < 4.78 is 5.19. The van der Waals surface area contributed by atoms with Gasteiger partial charge in [-0.05, 0) is 37.4 Å². The molecule has 0 amide bonds. The molecule has 1 aromatic rings. The maximum atomic E-state index is 5.19. The third kappa shape index (κ3) is 3.67. The zero-order valence-electron chi connectivity index (χ0n) is 12.7. The van der Waals surface area contributed by atoms with Gasteiger partial charge in [-0.25, -0.2) is 0 Å². The number of benzene rings is 1. The molecule has 0 saturated carbocycles. The van der Waals surface area contributed by atoms with Gasteiger partial charge in [0.25, 0.3) is 0 Å². The highest BCUT2D eigenvalue weighted by Crippen LogP contribution is 2.22. The van der Waals surface area contributed by atoms with Gasteiger partial charge in [0, 0.05) is 31.2 Å². The summed E-state index contributed by atoms with van der Waals surface area (Å²) in [6.07, 6.45) is 4.32. The summed E-state index contributed by atoms with van der Waals surface area (Å²) >= 11 is 0. The van der Waals surface area contributed by atoms with E-state index in [1.165, 1.54) is 5.69 Å². The highest BCUT2D eigenvalue weighted by Gasteiger charge is 2.14. The van der Waals surface area contributed by atoms with Gasteiger partial charge in [-0.2, -0.15) is 0 Å². The van der Waals surface area contributed by atoms with E-state index in [2.05, 4.69) is 53.1 Å². The Hall–Kier alpha value is -1.68. The van der Waals surface area contributed by atoms with E-state index in [4.69, 9.17) is 4.74 Å². The van der Waals surface area contributed by atoms with Gasteiger partial charge in [-0.3, -0.25) is 0 Å². The van der Waals surface area contributed by atoms with E-state index >= 15 is 0 Å². The summed E-state index contributed by atoms with van der Waals surface area (Å²) in [6.45, 7) is 9.79. The summed E-state index contributed by atoms with van der Waals surface area (Å²) in [5, 5.41) is 0. The van der Waals surface area contributed by atoms with E-state index in [0.717, 1.165) is 38.6 Å². The molecule has 20 heavy (non-hydrogen) atoms. The van der Waals surface area contributed by atoms with Gasteiger partial charge in [-0.1, -0.05) is 13.8 Å². The van der Waals surface area contributed by atoms with Crippen LogP contribution in [-0.4, -0.2) is 49.8 Å². The fourth-order valence-electron chi connectivity index (χ4n) is 2.36. The van der Waals surface area contributed by atoms with Gasteiger partial charge in [0.1, 0.15) is 5.75 Å². The second-order valence-electron chi connectivity index (χ2n) is 4.95. The molecule has 1 aliphatic heterocycles. The number of rotatable bonds is 7. The van der Waals surface area contributed by atoms with Crippen molar-refractivity contribution in [2.75, 3.05) is 44.9 Å². The van der Waals surface area contributed by atoms with E-state index in [9.17, 15) is 0 Å². The van der Waals surface area contributed by atoms with Gasteiger partial charge < -0.3 is 19.4 Å². The Kier molecular flexibility index (Phi) is 5.30. The SMILES string of the molecule is CCN(CC)CCN1C=CN(c2ccc(OC)cc2)C1. The molecule has 0 aliphatic carbocycles. The van der Waals surface area contributed by atoms with Crippen LogP contribution in [0.5, 0.6) is 5.75 Å². The van der Waals surface area contributed by atoms with Crippen LogP contribution >= 0.6 is 0 Å². The molecule has 0 atom stereocenters. The molecule has 0 unspecified atom stereocenters. The Labute approximate surface area is 122 Å². The first-order chi connectivity index (χ1) is 9.76. The van der Waals surface area contributed by atoms with Crippen molar-refractivity contribution in [2.24, 2.45) is 0 Å². The lowest BCUT2D eigenvalue weighted by molar-refractivity contribution is 0.262. The van der Waals surface area contributed by atoms with Gasteiger partial charge in [0.15, 0.2) is 0 Å². The summed E-state index contributed by atoms with van der Waals surface area (Å²) in [5.41, 5.74) is 1.20. The fourth-order valence-corrected chi connectivity index (χ4v) is 2.36. The molecule has 1 aliphatic rings. The molecule has 0 saturated heterocycles. The second-order valence-corrected chi connectivity index (χ2v) is 4.95. The highest BCUT2D eigenvalue weighted by atomic mass is 16.5. The quantitative estimate of drug-likeness (QED) is 0.761. The van der Waals surface area contributed by atoms with Crippen LogP contribution in [0.4, 0.5) is 5.69 Å². The molecular weight excluding hydrogens is 250 g/mol. The summed E-state index contributed by atoms with van der Waals surface area (Å²) in [4.78, 5) is 7.05. The number of nitrogens with zero attached hydrogens (tertiary/aromatic N) is 3. The van der Waals surface area contributed by atoms with Crippen LogP contribution in [0.1, 0.15) is 13.8 Å². The normalized spacial score (nSPS) is 14.4. The van der Waals surface area contributed by atoms with Crippen molar-refractivity contribution in [3.8, 4) is 5.75 Å². The van der Waals surface area contributed by atoms with Crippen molar-refractivity contribution in [2.45, 2.75) is 13.8 Å². The maximum absolute atomic E-state index is 5.19. The van der Waals surface area contributed by atoms with Gasteiger partial charge in [0.05, 0.1) is 13.8 Å². The molecule has 110 valence electrons. The molecule has 0 spiro atoms. The predicted octanol–water partition coefficient (Wildman–Crippen LogP) is 2.59. The molecule has 0 N–H and O–H groups in total. The number of likely N-dealkylation sites (N-methyl/N-ethyl adjacent to an activating group) is 1. The van der Waals surface area contributed by atoms with E-state index in [-0.39, 0.29) is 0 Å². The van der Waals surface area contributed by atoms with E-state index in [0.29, 0.717) is 0 Å². The smallest absolute Gasteiger partial charge is 0.119 e. The first-order valence-corrected chi connectivity index (χ1v) is 7.32. The number of anilines is 1. The lowest BCUT2D eigenvalue weighted by Crippen LogP contribution is -2.34. The third-order valence-corrected chi connectivity index (χ3v) is 3.79. The standard InChI is InChI=1S/C16H25N3O/c1-4-17(5-2)10-11-18-12-13-19(14-18)15-6-8-16(20-3)9-7-15/h6-9,12-13H,4-5,10-11,14H2,1-3H3. The van der Waals surface area contributed by atoms with Crippen LogP contribution in [0.2, 0.25) is 0 Å². The second kappa shape index (κ2) is 7.20. The van der Waals surface area contributed by atoms with Crippen LogP contribution < -0.4 is 9.64 Å². The number of hydrogen-bond donors (Lipinski definition) is 0. The minimum Gasteiger partial charge on any atom is -0.497 e. The molecule has 4 heteroatoms. The van der Waals surface area contributed by atoms with Gasteiger partial charge in [0.2, 0.25) is 0 Å². The molecule has 0 fully saturated rings. The first-order valence-electron chi connectivity index (χ1n) is 7.32. The molecular formula is C16H25N3O. The molecule has 0 bridgehead atoms. The van der Waals surface area contributed by atoms with Crippen molar-refractivity contribution in [1.82, 2.24) is 9.80 Å². The van der Waals surface area contributed by atoms with Crippen molar-refractivity contribution < 1.29 is 4.74 Å². The van der Waals surface area contributed by atoms with E-state index in [1.54, 1.807) is 7.11 Å². The lowest BCUT2D eigenvalue weighted by Gasteiger charge is -2.25. The average Bonchev–Trinajstić information content (AvgIpc) is 2.97. The Morgan fingerprint density at radius 3 is 2.40 bits per heavy atom. The van der Waals surface area contributed by atoms with Crippen molar-refractivity contribution in [1.29, 1.82) is 0 Å². The molecule has 0 aromatic heterocycles. The Morgan fingerprint density at radius 2 is 1.80 bits per heavy atom. The summed E-state index contributed by atoms with van der Waals surface area (Å²) in [6, 6.07) is 8.19. The molecule has 2 rings (SSSR count). The Balaban J connectivity index is 1.84. The van der Waals surface area contributed by atoms with E-state index < -0.39 is 0 Å². The van der Waals surface area contributed by atoms with Crippen LogP contribution in [0.15, 0.2) is 36.7 Å². The molecule has 1 aromatic carbocycles. The van der Waals surface area contributed by atoms with Crippen LogP contribution in [0.3, 0.4) is 0 Å². The summed E-state index contributed by atoms with van der Waals surface area (Å²) in [7, 11) is 1.69. The zero-order valence-corrected chi connectivity index (χ0v) is 12.7. The molecule has 1 heterocycles. The Bertz CT molecular complexity index is 426. The topological polar surface area (TPSA) is 19.0 Å². The predicted molar refractivity (Wildman–Crippen MR) is 84.0 cm³/mol. The number of methoxy groups -OCH3 is 1. The average molecular weight is 275 g/mol. The molecule has 4 nitrogen and oxygen atoms in total. The van der Waals surface area contributed by atoms with Crippen LogP contribution in [0.25, 0.3) is 0 Å². The molecule has 0 radical (unpaired) electrons. The van der Waals surface area contributed by atoms with Gasteiger partial charge in [-0.15, -0.1) is 0 Å². The minimum atomic E-state index is 0.898. The Morgan fingerprint density at radius 1 is 1.10 bits per heavy atom. The largest absolute Gasteiger partial charge is 0.497 e. The summed E-state index contributed by atoms with van der Waals surface area (Å²) in [5.74, 6) is 0.898. The van der Waals surface area contributed by atoms with E-state index in [1.807, 2.05) is 12.1 Å². The van der Waals surface area contributed by atoms with Gasteiger partial charge >= 0.3 is 0 Å². The third-order valence-electron chi connectivity index (χ3n) is 3.79. The maximum Gasteiger partial charge on any atom is 0.119 e. The van der Waals surface area contributed by atoms with Crippen molar-refractivity contribution >= 4 is 5.69 Å². The first kappa shape index (κ1) is 14.7. The van der Waals surface area contributed by atoms with Crippen LogP contribution in [-0.2, 0) is 0 Å². The highest BCUT2D eigenvalue weighted by molar-refractivity contribution is 5.52. The van der Waals surface area contributed by atoms with Crippen LogP contribution in [0, 0.1) is 0 Å².